The largest absolute Gasteiger partial charge is 0.293 e. The Labute approximate surface area is 113 Å². The first-order chi connectivity index (χ1) is 8.25. The van der Waals surface area contributed by atoms with Gasteiger partial charge < -0.3 is 0 Å². The standard InChI is InChI=1S/C14H17Cl2N/c15-10-6-7-12(13(16)9-10)14-5-1-3-11-4-2-8-17(11)14/h6-7,9,11,14H,1-5,8H2/t11-,14+/m0/s1. The summed E-state index contributed by atoms with van der Waals surface area (Å²) in [5, 5.41) is 1.56. The van der Waals surface area contributed by atoms with Crippen LogP contribution in [0.2, 0.25) is 10.0 Å². The van der Waals surface area contributed by atoms with E-state index in [0.29, 0.717) is 6.04 Å². The molecule has 2 atom stereocenters. The highest BCUT2D eigenvalue weighted by molar-refractivity contribution is 6.35. The first-order valence-electron chi connectivity index (χ1n) is 6.46. The van der Waals surface area contributed by atoms with Gasteiger partial charge in [-0.1, -0.05) is 29.3 Å². The van der Waals surface area contributed by atoms with Gasteiger partial charge in [0.1, 0.15) is 0 Å². The summed E-state index contributed by atoms with van der Waals surface area (Å²) in [7, 11) is 0. The van der Waals surface area contributed by atoms with Crippen LogP contribution in [0.5, 0.6) is 0 Å². The molecule has 2 aliphatic rings. The number of hydrogen-bond acceptors (Lipinski definition) is 1. The average Bonchev–Trinajstić information content (AvgIpc) is 2.77. The van der Waals surface area contributed by atoms with E-state index in [1.165, 1.54) is 44.2 Å². The van der Waals surface area contributed by atoms with Crippen LogP contribution >= 0.6 is 23.2 Å². The molecule has 2 aliphatic heterocycles. The molecule has 1 aromatic rings. The van der Waals surface area contributed by atoms with Gasteiger partial charge in [-0.2, -0.15) is 0 Å². The molecule has 0 aromatic heterocycles. The molecule has 0 aliphatic carbocycles. The number of benzene rings is 1. The summed E-state index contributed by atoms with van der Waals surface area (Å²) in [5.74, 6) is 0. The van der Waals surface area contributed by atoms with E-state index < -0.39 is 0 Å². The molecular formula is C14H17Cl2N. The molecule has 2 saturated heterocycles. The van der Waals surface area contributed by atoms with E-state index >= 15 is 0 Å². The Kier molecular flexibility index (Phi) is 3.34. The van der Waals surface area contributed by atoms with Gasteiger partial charge in [-0.3, -0.25) is 4.90 Å². The van der Waals surface area contributed by atoms with Crippen LogP contribution < -0.4 is 0 Å². The third-order valence-electron chi connectivity index (χ3n) is 4.16. The summed E-state index contributed by atoms with van der Waals surface area (Å²) in [6, 6.07) is 7.25. The van der Waals surface area contributed by atoms with E-state index in [0.717, 1.165) is 16.1 Å². The highest BCUT2D eigenvalue weighted by atomic mass is 35.5. The van der Waals surface area contributed by atoms with E-state index in [-0.39, 0.29) is 0 Å². The maximum absolute atomic E-state index is 6.34. The monoisotopic (exact) mass is 269 g/mol. The topological polar surface area (TPSA) is 3.24 Å². The molecule has 0 saturated carbocycles. The van der Waals surface area contributed by atoms with Crippen LogP contribution in [0.25, 0.3) is 0 Å². The van der Waals surface area contributed by atoms with Crippen molar-refractivity contribution < 1.29 is 0 Å². The number of fused-ring (bicyclic) bond motifs is 1. The lowest BCUT2D eigenvalue weighted by Gasteiger charge is -2.38. The van der Waals surface area contributed by atoms with E-state index in [2.05, 4.69) is 11.0 Å². The summed E-state index contributed by atoms with van der Waals surface area (Å²) < 4.78 is 0. The minimum absolute atomic E-state index is 0.515. The number of halogens is 2. The summed E-state index contributed by atoms with van der Waals surface area (Å²) in [6.45, 7) is 1.23. The van der Waals surface area contributed by atoms with Crippen LogP contribution in [0.15, 0.2) is 18.2 Å². The van der Waals surface area contributed by atoms with Crippen molar-refractivity contribution in [2.24, 2.45) is 0 Å². The molecular weight excluding hydrogens is 253 g/mol. The second-order valence-corrected chi connectivity index (χ2v) is 5.99. The Morgan fingerprint density at radius 1 is 1.06 bits per heavy atom. The smallest absolute Gasteiger partial charge is 0.0468 e. The van der Waals surface area contributed by atoms with Gasteiger partial charge in [0, 0.05) is 22.1 Å². The highest BCUT2D eigenvalue weighted by Crippen LogP contribution is 2.41. The predicted octanol–water partition coefficient (Wildman–Crippen LogP) is 4.68. The van der Waals surface area contributed by atoms with Gasteiger partial charge in [0.15, 0.2) is 0 Å². The van der Waals surface area contributed by atoms with Crippen LogP contribution in [0.3, 0.4) is 0 Å². The third kappa shape index (κ3) is 2.21. The zero-order chi connectivity index (χ0) is 11.8. The lowest BCUT2D eigenvalue weighted by atomic mass is 9.92. The fourth-order valence-electron chi connectivity index (χ4n) is 3.40. The molecule has 0 spiro atoms. The van der Waals surface area contributed by atoms with Gasteiger partial charge in [0.25, 0.3) is 0 Å². The van der Waals surface area contributed by atoms with Crippen molar-refractivity contribution in [3.05, 3.63) is 33.8 Å². The van der Waals surface area contributed by atoms with Crippen LogP contribution in [-0.2, 0) is 0 Å². The predicted molar refractivity (Wildman–Crippen MR) is 72.8 cm³/mol. The minimum Gasteiger partial charge on any atom is -0.293 e. The normalized spacial score (nSPS) is 29.3. The van der Waals surface area contributed by atoms with Gasteiger partial charge in [-0.25, -0.2) is 0 Å². The van der Waals surface area contributed by atoms with Gasteiger partial charge >= 0.3 is 0 Å². The highest BCUT2D eigenvalue weighted by Gasteiger charge is 2.35. The molecule has 0 bridgehead atoms. The summed E-state index contributed by atoms with van der Waals surface area (Å²) in [4.78, 5) is 2.65. The Morgan fingerprint density at radius 3 is 2.71 bits per heavy atom. The van der Waals surface area contributed by atoms with E-state index in [1.54, 1.807) is 0 Å². The van der Waals surface area contributed by atoms with Gasteiger partial charge in [-0.15, -0.1) is 0 Å². The second kappa shape index (κ2) is 4.79. The molecule has 3 heteroatoms. The first kappa shape index (κ1) is 11.8. The van der Waals surface area contributed by atoms with Crippen molar-refractivity contribution in [2.45, 2.75) is 44.2 Å². The number of hydrogen-bond donors (Lipinski definition) is 0. The van der Waals surface area contributed by atoms with Crippen molar-refractivity contribution in [3.8, 4) is 0 Å². The molecule has 17 heavy (non-hydrogen) atoms. The summed E-state index contributed by atoms with van der Waals surface area (Å²) >= 11 is 12.3. The van der Waals surface area contributed by atoms with Gasteiger partial charge in [0.2, 0.25) is 0 Å². The lowest BCUT2D eigenvalue weighted by molar-refractivity contribution is 0.123. The Hall–Kier alpha value is -0.240. The fraction of sp³-hybridized carbons (Fsp3) is 0.571. The number of piperidine rings is 1. The quantitative estimate of drug-likeness (QED) is 0.716. The van der Waals surface area contributed by atoms with E-state index in [9.17, 15) is 0 Å². The first-order valence-corrected chi connectivity index (χ1v) is 7.22. The van der Waals surface area contributed by atoms with Gasteiger partial charge in [-0.05, 0) is 56.3 Å². The Bertz CT molecular complexity index is 419. The minimum atomic E-state index is 0.515. The SMILES string of the molecule is Clc1ccc([C@H]2CCC[C@H]3CCCN32)c(Cl)c1. The van der Waals surface area contributed by atoms with Crippen molar-refractivity contribution in [1.82, 2.24) is 4.90 Å². The fourth-order valence-corrected chi connectivity index (χ4v) is 3.93. The van der Waals surface area contributed by atoms with Crippen LogP contribution in [0.4, 0.5) is 0 Å². The maximum Gasteiger partial charge on any atom is 0.0468 e. The molecule has 0 unspecified atom stereocenters. The second-order valence-electron chi connectivity index (χ2n) is 5.15. The molecule has 0 N–H and O–H groups in total. The zero-order valence-corrected chi connectivity index (χ0v) is 11.3. The van der Waals surface area contributed by atoms with Crippen molar-refractivity contribution in [1.29, 1.82) is 0 Å². The molecule has 1 nitrogen and oxygen atoms in total. The number of rotatable bonds is 1. The molecule has 92 valence electrons. The lowest BCUT2D eigenvalue weighted by Crippen LogP contribution is -2.37. The third-order valence-corrected chi connectivity index (χ3v) is 4.72. The summed E-state index contributed by atoms with van der Waals surface area (Å²) in [5.41, 5.74) is 1.27. The average molecular weight is 270 g/mol. The van der Waals surface area contributed by atoms with E-state index in [1.807, 2.05) is 12.1 Å². The van der Waals surface area contributed by atoms with Crippen LogP contribution in [0.1, 0.15) is 43.7 Å². The molecule has 2 heterocycles. The molecule has 0 amide bonds. The Morgan fingerprint density at radius 2 is 1.88 bits per heavy atom. The Balaban J connectivity index is 1.91. The summed E-state index contributed by atoms with van der Waals surface area (Å²) in [6.07, 6.45) is 6.62. The van der Waals surface area contributed by atoms with Crippen LogP contribution in [-0.4, -0.2) is 17.5 Å². The van der Waals surface area contributed by atoms with Crippen molar-refractivity contribution in [3.63, 3.8) is 0 Å². The van der Waals surface area contributed by atoms with Crippen LogP contribution in [0, 0.1) is 0 Å². The molecule has 2 fully saturated rings. The zero-order valence-electron chi connectivity index (χ0n) is 9.83. The number of nitrogens with zero attached hydrogens (tertiary/aromatic N) is 1. The van der Waals surface area contributed by atoms with Gasteiger partial charge in [0.05, 0.1) is 0 Å². The maximum atomic E-state index is 6.34. The van der Waals surface area contributed by atoms with Crippen molar-refractivity contribution in [2.75, 3.05) is 6.54 Å². The van der Waals surface area contributed by atoms with E-state index in [4.69, 9.17) is 23.2 Å². The molecule has 3 rings (SSSR count). The molecule has 0 radical (unpaired) electrons. The molecule has 1 aromatic carbocycles. The van der Waals surface area contributed by atoms with Crippen molar-refractivity contribution >= 4 is 23.2 Å².